The van der Waals surface area contributed by atoms with Gasteiger partial charge in [-0.05, 0) is 49.5 Å². The Morgan fingerprint density at radius 1 is 1.50 bits per heavy atom. The Hall–Kier alpha value is -1.69. The Bertz CT molecular complexity index is 742. The van der Waals surface area contributed by atoms with Crippen molar-refractivity contribution in [1.29, 1.82) is 0 Å². The lowest BCUT2D eigenvalue weighted by Gasteiger charge is -2.13. The minimum Gasteiger partial charge on any atom is -0.409 e. The molecule has 0 atom stereocenters. The molecule has 3 rings (SSSR count). The molecule has 0 aromatic carbocycles. The van der Waals surface area contributed by atoms with E-state index in [0.29, 0.717) is 11.5 Å². The standard InChI is InChI=1S/C14H17N3O2S/c1-2-3-7-17-11-6-4-5-9(11)8-10(13(17)18)12-15-16-14(20)19-12/h8H,2-7H2,1H3,(H,16,20). The molecule has 2 aromatic rings. The number of hydrogen-bond donors (Lipinski definition) is 1. The number of fused-ring (bicyclic) bond motifs is 1. The first-order valence-electron chi connectivity index (χ1n) is 7.02. The molecule has 1 aliphatic rings. The Morgan fingerprint density at radius 2 is 2.35 bits per heavy atom. The van der Waals surface area contributed by atoms with E-state index in [1.54, 1.807) is 0 Å². The molecule has 2 heterocycles. The average molecular weight is 291 g/mol. The van der Waals surface area contributed by atoms with Crippen LogP contribution >= 0.6 is 12.2 Å². The highest BCUT2D eigenvalue weighted by molar-refractivity contribution is 7.71. The summed E-state index contributed by atoms with van der Waals surface area (Å²) in [6.45, 7) is 2.89. The number of nitrogens with zero attached hydrogens (tertiary/aromatic N) is 2. The van der Waals surface area contributed by atoms with Gasteiger partial charge in [0.05, 0.1) is 0 Å². The van der Waals surface area contributed by atoms with Gasteiger partial charge in [0.2, 0.25) is 0 Å². The Balaban J connectivity index is 2.16. The lowest BCUT2D eigenvalue weighted by Crippen LogP contribution is -2.25. The summed E-state index contributed by atoms with van der Waals surface area (Å²) in [5.74, 6) is 0.292. The van der Waals surface area contributed by atoms with Gasteiger partial charge in [0.15, 0.2) is 0 Å². The summed E-state index contributed by atoms with van der Waals surface area (Å²) < 4.78 is 7.20. The molecule has 0 saturated carbocycles. The van der Waals surface area contributed by atoms with Crippen LogP contribution in [0.2, 0.25) is 0 Å². The number of aryl methyl sites for hydroxylation is 1. The minimum atomic E-state index is -0.0237. The monoisotopic (exact) mass is 291 g/mol. The molecule has 106 valence electrons. The number of rotatable bonds is 4. The van der Waals surface area contributed by atoms with Gasteiger partial charge in [0, 0.05) is 12.2 Å². The van der Waals surface area contributed by atoms with Crippen LogP contribution in [0, 0.1) is 4.84 Å². The van der Waals surface area contributed by atoms with Crippen molar-refractivity contribution < 1.29 is 4.42 Å². The van der Waals surface area contributed by atoms with Crippen molar-refractivity contribution in [3.05, 3.63) is 32.5 Å². The molecule has 0 spiro atoms. The van der Waals surface area contributed by atoms with Crippen molar-refractivity contribution in [2.24, 2.45) is 0 Å². The number of aromatic amines is 1. The van der Waals surface area contributed by atoms with Gasteiger partial charge in [-0.2, -0.15) is 0 Å². The first kappa shape index (κ1) is 13.3. The van der Waals surface area contributed by atoms with E-state index in [4.69, 9.17) is 16.6 Å². The van der Waals surface area contributed by atoms with E-state index < -0.39 is 0 Å². The Labute approximate surface area is 121 Å². The normalized spacial score (nSPS) is 13.7. The van der Waals surface area contributed by atoms with Gasteiger partial charge < -0.3 is 8.98 Å². The zero-order valence-corrected chi connectivity index (χ0v) is 12.3. The second-order valence-electron chi connectivity index (χ2n) is 5.11. The lowest BCUT2D eigenvalue weighted by atomic mass is 10.1. The number of pyridine rings is 1. The van der Waals surface area contributed by atoms with E-state index >= 15 is 0 Å². The molecule has 0 unspecified atom stereocenters. The predicted molar refractivity (Wildman–Crippen MR) is 78.3 cm³/mol. The van der Waals surface area contributed by atoms with E-state index in [0.717, 1.165) is 38.6 Å². The second-order valence-corrected chi connectivity index (χ2v) is 5.48. The van der Waals surface area contributed by atoms with Gasteiger partial charge in [0.1, 0.15) is 5.56 Å². The molecule has 6 heteroatoms. The van der Waals surface area contributed by atoms with Crippen LogP contribution in [0.25, 0.3) is 11.5 Å². The summed E-state index contributed by atoms with van der Waals surface area (Å²) in [5.41, 5.74) is 2.90. The van der Waals surface area contributed by atoms with E-state index in [-0.39, 0.29) is 10.4 Å². The first-order valence-corrected chi connectivity index (χ1v) is 7.43. The molecular formula is C14H17N3O2S. The van der Waals surface area contributed by atoms with Crippen molar-refractivity contribution in [2.75, 3.05) is 0 Å². The highest BCUT2D eigenvalue weighted by Crippen LogP contribution is 2.25. The summed E-state index contributed by atoms with van der Waals surface area (Å²) in [6, 6.07) is 1.92. The Kier molecular flexibility index (Phi) is 3.56. The van der Waals surface area contributed by atoms with Crippen molar-refractivity contribution in [3.63, 3.8) is 0 Å². The molecule has 5 nitrogen and oxygen atoms in total. The third kappa shape index (κ3) is 2.24. The van der Waals surface area contributed by atoms with E-state index in [2.05, 4.69) is 17.1 Å². The molecule has 0 fully saturated rings. The van der Waals surface area contributed by atoms with Gasteiger partial charge >= 0.3 is 0 Å². The van der Waals surface area contributed by atoms with Crippen molar-refractivity contribution in [2.45, 2.75) is 45.6 Å². The quantitative estimate of drug-likeness (QED) is 0.880. The van der Waals surface area contributed by atoms with Gasteiger partial charge in [-0.25, -0.2) is 5.10 Å². The van der Waals surface area contributed by atoms with E-state index in [1.165, 1.54) is 11.3 Å². The molecule has 0 bridgehead atoms. The van der Waals surface area contributed by atoms with Crippen LogP contribution in [0.3, 0.4) is 0 Å². The van der Waals surface area contributed by atoms with Crippen LogP contribution in [0.15, 0.2) is 15.3 Å². The molecular weight excluding hydrogens is 274 g/mol. The maximum absolute atomic E-state index is 12.7. The fourth-order valence-electron chi connectivity index (χ4n) is 2.77. The third-order valence-electron chi connectivity index (χ3n) is 3.75. The fraction of sp³-hybridized carbons (Fsp3) is 0.500. The Morgan fingerprint density at radius 3 is 3.05 bits per heavy atom. The number of nitrogens with one attached hydrogen (secondary N) is 1. The fourth-order valence-corrected chi connectivity index (χ4v) is 2.89. The average Bonchev–Trinajstić information content (AvgIpc) is 3.05. The summed E-state index contributed by atoms with van der Waals surface area (Å²) in [5, 5.41) is 6.56. The highest BCUT2D eigenvalue weighted by Gasteiger charge is 2.21. The van der Waals surface area contributed by atoms with Crippen LogP contribution < -0.4 is 5.56 Å². The number of unbranched alkanes of at least 4 members (excludes halogenated alkanes) is 1. The maximum atomic E-state index is 12.7. The van der Waals surface area contributed by atoms with Crippen LogP contribution in [0.5, 0.6) is 0 Å². The SMILES string of the molecule is CCCCn1c2c(cc(-c3n[nH]c(=S)o3)c1=O)CCC2. The summed E-state index contributed by atoms with van der Waals surface area (Å²) in [6.07, 6.45) is 5.17. The van der Waals surface area contributed by atoms with Gasteiger partial charge in [-0.15, -0.1) is 5.10 Å². The van der Waals surface area contributed by atoms with Crippen molar-refractivity contribution >= 4 is 12.2 Å². The molecule has 0 aliphatic heterocycles. The zero-order valence-electron chi connectivity index (χ0n) is 11.4. The van der Waals surface area contributed by atoms with Crippen LogP contribution in [0.1, 0.15) is 37.4 Å². The van der Waals surface area contributed by atoms with Crippen molar-refractivity contribution in [1.82, 2.24) is 14.8 Å². The summed E-state index contributed by atoms with van der Waals surface area (Å²) in [4.78, 5) is 12.9. The lowest BCUT2D eigenvalue weighted by molar-refractivity contribution is 0.546. The molecule has 0 amide bonds. The molecule has 20 heavy (non-hydrogen) atoms. The number of H-pyrrole nitrogens is 1. The molecule has 0 saturated heterocycles. The highest BCUT2D eigenvalue weighted by atomic mass is 32.1. The van der Waals surface area contributed by atoms with E-state index in [1.807, 2.05) is 10.6 Å². The molecule has 1 N–H and O–H groups in total. The molecule has 0 radical (unpaired) electrons. The van der Waals surface area contributed by atoms with Gasteiger partial charge in [-0.3, -0.25) is 4.79 Å². The zero-order chi connectivity index (χ0) is 14.1. The maximum Gasteiger partial charge on any atom is 0.284 e. The number of aromatic nitrogens is 3. The first-order chi connectivity index (χ1) is 9.70. The minimum absolute atomic E-state index is 0.0237. The summed E-state index contributed by atoms with van der Waals surface area (Å²) in [7, 11) is 0. The third-order valence-corrected chi connectivity index (χ3v) is 3.93. The van der Waals surface area contributed by atoms with Crippen LogP contribution in [0.4, 0.5) is 0 Å². The molecule has 1 aliphatic carbocycles. The summed E-state index contributed by atoms with van der Waals surface area (Å²) >= 11 is 4.88. The van der Waals surface area contributed by atoms with E-state index in [9.17, 15) is 4.79 Å². The van der Waals surface area contributed by atoms with Gasteiger partial charge in [-0.1, -0.05) is 13.3 Å². The smallest absolute Gasteiger partial charge is 0.284 e. The van der Waals surface area contributed by atoms with Crippen LogP contribution in [-0.2, 0) is 19.4 Å². The van der Waals surface area contributed by atoms with Crippen molar-refractivity contribution in [3.8, 4) is 11.5 Å². The predicted octanol–water partition coefficient (Wildman–Crippen LogP) is 2.85. The number of hydrogen-bond acceptors (Lipinski definition) is 4. The second kappa shape index (κ2) is 5.36. The largest absolute Gasteiger partial charge is 0.409 e. The van der Waals surface area contributed by atoms with Crippen LogP contribution in [-0.4, -0.2) is 14.8 Å². The topological polar surface area (TPSA) is 63.8 Å². The van der Waals surface area contributed by atoms with Gasteiger partial charge in [0.25, 0.3) is 16.3 Å². The molecule has 2 aromatic heterocycles.